The summed E-state index contributed by atoms with van der Waals surface area (Å²) in [5.74, 6) is 0.272. The van der Waals surface area contributed by atoms with Gasteiger partial charge in [0, 0.05) is 16.7 Å². The molecule has 0 aliphatic carbocycles. The highest BCUT2D eigenvalue weighted by Crippen LogP contribution is 2.36. The zero-order chi connectivity index (χ0) is 13.4. The van der Waals surface area contributed by atoms with Crippen LogP contribution < -0.4 is 0 Å². The highest BCUT2D eigenvalue weighted by atomic mass is 32.2. The summed E-state index contributed by atoms with van der Waals surface area (Å²) in [6, 6.07) is 6.55. The van der Waals surface area contributed by atoms with Gasteiger partial charge in [0.25, 0.3) is 0 Å². The molecule has 0 spiro atoms. The molecule has 0 N–H and O–H groups in total. The molecule has 0 bridgehead atoms. The SMILES string of the molecule is O=S(=O)(OC1=CSCc2ccccc21)C(F)(F)F. The zero-order valence-corrected chi connectivity index (χ0v) is 10.4. The first-order valence-corrected chi connectivity index (χ1v) is 7.18. The first-order chi connectivity index (χ1) is 8.31. The lowest BCUT2D eigenvalue weighted by atomic mass is 10.1. The van der Waals surface area contributed by atoms with Crippen LogP contribution in [-0.2, 0) is 20.1 Å². The molecule has 1 heterocycles. The molecule has 0 amide bonds. The van der Waals surface area contributed by atoms with E-state index in [9.17, 15) is 21.6 Å². The number of hydrogen-bond acceptors (Lipinski definition) is 4. The van der Waals surface area contributed by atoms with Crippen LogP contribution in [0.4, 0.5) is 13.2 Å². The highest BCUT2D eigenvalue weighted by Gasteiger charge is 2.49. The van der Waals surface area contributed by atoms with Gasteiger partial charge in [0.15, 0.2) is 5.76 Å². The zero-order valence-electron chi connectivity index (χ0n) is 8.77. The number of halogens is 3. The molecule has 1 aromatic carbocycles. The Morgan fingerprint density at radius 3 is 2.56 bits per heavy atom. The highest BCUT2D eigenvalue weighted by molar-refractivity contribution is 8.01. The standard InChI is InChI=1S/C10H7F3O3S2/c11-10(12,13)18(14,15)16-9-6-17-5-7-3-1-2-4-8(7)9/h1-4,6H,5H2. The third-order valence-corrected chi connectivity index (χ3v) is 4.02. The van der Waals surface area contributed by atoms with Gasteiger partial charge in [0.2, 0.25) is 0 Å². The average molecular weight is 296 g/mol. The molecule has 0 saturated carbocycles. The van der Waals surface area contributed by atoms with E-state index in [0.717, 1.165) is 5.56 Å². The van der Waals surface area contributed by atoms with Gasteiger partial charge in [-0.2, -0.15) is 21.6 Å². The third kappa shape index (κ3) is 2.49. The lowest BCUT2D eigenvalue weighted by Crippen LogP contribution is -2.25. The van der Waals surface area contributed by atoms with Crippen LogP contribution in [0, 0.1) is 0 Å². The summed E-state index contributed by atoms with van der Waals surface area (Å²) in [7, 11) is -5.62. The van der Waals surface area contributed by atoms with E-state index in [2.05, 4.69) is 4.18 Å². The molecule has 98 valence electrons. The van der Waals surface area contributed by atoms with E-state index in [1.165, 1.54) is 23.2 Å². The van der Waals surface area contributed by atoms with Gasteiger partial charge >= 0.3 is 15.6 Å². The molecular weight excluding hydrogens is 289 g/mol. The predicted octanol–water partition coefficient (Wildman–Crippen LogP) is 3.10. The third-order valence-electron chi connectivity index (χ3n) is 2.19. The Kier molecular flexibility index (Phi) is 3.33. The molecule has 0 atom stereocenters. The van der Waals surface area contributed by atoms with E-state index in [0.29, 0.717) is 11.3 Å². The van der Waals surface area contributed by atoms with Crippen molar-refractivity contribution in [1.29, 1.82) is 0 Å². The summed E-state index contributed by atoms with van der Waals surface area (Å²) in [6.07, 6.45) is 0. The second-order valence-electron chi connectivity index (χ2n) is 3.43. The minimum Gasteiger partial charge on any atom is -0.375 e. The van der Waals surface area contributed by atoms with E-state index in [1.54, 1.807) is 18.2 Å². The van der Waals surface area contributed by atoms with Crippen molar-refractivity contribution in [2.45, 2.75) is 11.3 Å². The van der Waals surface area contributed by atoms with Crippen molar-refractivity contribution in [2.24, 2.45) is 0 Å². The van der Waals surface area contributed by atoms with Crippen LogP contribution in [0.5, 0.6) is 0 Å². The molecular formula is C10H7F3O3S2. The molecule has 1 aliphatic heterocycles. The topological polar surface area (TPSA) is 43.4 Å². The molecule has 0 aromatic heterocycles. The van der Waals surface area contributed by atoms with Crippen molar-refractivity contribution in [2.75, 3.05) is 0 Å². The second kappa shape index (κ2) is 4.51. The van der Waals surface area contributed by atoms with E-state index in [4.69, 9.17) is 0 Å². The molecule has 0 unspecified atom stereocenters. The van der Waals surface area contributed by atoms with Gasteiger partial charge in [-0.25, -0.2) is 0 Å². The lowest BCUT2D eigenvalue weighted by Gasteiger charge is -2.18. The van der Waals surface area contributed by atoms with Gasteiger partial charge in [-0.3, -0.25) is 0 Å². The number of rotatable bonds is 2. The Morgan fingerprint density at radius 1 is 1.22 bits per heavy atom. The lowest BCUT2D eigenvalue weighted by molar-refractivity contribution is -0.0509. The molecule has 2 rings (SSSR count). The fraction of sp³-hybridized carbons (Fsp3) is 0.200. The van der Waals surface area contributed by atoms with E-state index < -0.39 is 15.6 Å². The van der Waals surface area contributed by atoms with E-state index in [1.807, 2.05) is 0 Å². The number of hydrogen-bond donors (Lipinski definition) is 0. The van der Waals surface area contributed by atoms with Gasteiger partial charge in [-0.1, -0.05) is 24.3 Å². The summed E-state index contributed by atoms with van der Waals surface area (Å²) in [5, 5.41) is 1.27. The largest absolute Gasteiger partial charge is 0.534 e. The van der Waals surface area contributed by atoms with Gasteiger partial charge in [0.1, 0.15) is 0 Å². The monoisotopic (exact) mass is 296 g/mol. The maximum absolute atomic E-state index is 12.2. The van der Waals surface area contributed by atoms with Crippen LogP contribution in [-0.4, -0.2) is 13.9 Å². The number of benzene rings is 1. The van der Waals surface area contributed by atoms with Gasteiger partial charge in [0.05, 0.1) is 0 Å². The van der Waals surface area contributed by atoms with Crippen LogP contribution in [0.1, 0.15) is 11.1 Å². The molecule has 0 saturated heterocycles. The van der Waals surface area contributed by atoms with Crippen LogP contribution in [0.2, 0.25) is 0 Å². The first-order valence-electron chi connectivity index (χ1n) is 4.72. The summed E-state index contributed by atoms with van der Waals surface area (Å²) in [6.45, 7) is 0. The number of alkyl halides is 3. The summed E-state index contributed by atoms with van der Waals surface area (Å²) in [4.78, 5) is 0. The van der Waals surface area contributed by atoms with Crippen molar-refractivity contribution < 1.29 is 25.8 Å². The van der Waals surface area contributed by atoms with Crippen molar-refractivity contribution in [3.8, 4) is 0 Å². The summed E-state index contributed by atoms with van der Waals surface area (Å²) < 4.78 is 62.7. The normalized spacial score (nSPS) is 15.8. The Balaban J connectivity index is 2.35. The maximum atomic E-state index is 12.2. The van der Waals surface area contributed by atoms with Crippen LogP contribution >= 0.6 is 11.8 Å². The van der Waals surface area contributed by atoms with E-state index >= 15 is 0 Å². The van der Waals surface area contributed by atoms with Crippen LogP contribution in [0.15, 0.2) is 29.7 Å². The summed E-state index contributed by atoms with van der Waals surface area (Å²) in [5.41, 5.74) is -4.33. The van der Waals surface area contributed by atoms with Crippen molar-refractivity contribution in [3.63, 3.8) is 0 Å². The fourth-order valence-corrected chi connectivity index (χ4v) is 2.76. The minimum atomic E-state index is -5.62. The minimum absolute atomic E-state index is 0.292. The van der Waals surface area contributed by atoms with E-state index in [-0.39, 0.29) is 5.76 Å². The predicted molar refractivity (Wildman–Crippen MR) is 61.8 cm³/mol. The molecule has 0 fully saturated rings. The molecule has 3 nitrogen and oxygen atoms in total. The van der Waals surface area contributed by atoms with Gasteiger partial charge in [-0.15, -0.1) is 11.8 Å². The average Bonchev–Trinajstić information content (AvgIpc) is 2.27. The molecule has 1 aliphatic rings. The molecule has 1 aromatic rings. The summed E-state index contributed by atoms with van der Waals surface area (Å²) >= 11 is 1.18. The van der Waals surface area contributed by atoms with Gasteiger partial charge in [-0.05, 0) is 5.56 Å². The van der Waals surface area contributed by atoms with Gasteiger partial charge < -0.3 is 4.18 Å². The molecule has 8 heteroatoms. The first kappa shape index (κ1) is 13.3. The van der Waals surface area contributed by atoms with Crippen LogP contribution in [0.25, 0.3) is 5.76 Å². The number of thioether (sulfide) groups is 1. The Hall–Kier alpha value is -1.15. The Labute approximate surface area is 106 Å². The van der Waals surface area contributed by atoms with Crippen molar-refractivity contribution >= 4 is 27.6 Å². The van der Waals surface area contributed by atoms with Crippen molar-refractivity contribution in [3.05, 3.63) is 40.8 Å². The number of fused-ring (bicyclic) bond motifs is 1. The molecule has 0 radical (unpaired) electrons. The smallest absolute Gasteiger partial charge is 0.375 e. The maximum Gasteiger partial charge on any atom is 0.534 e. The Morgan fingerprint density at radius 2 is 1.89 bits per heavy atom. The van der Waals surface area contributed by atoms with Crippen molar-refractivity contribution in [1.82, 2.24) is 0 Å². The second-order valence-corrected chi connectivity index (χ2v) is 5.83. The molecule has 18 heavy (non-hydrogen) atoms. The van der Waals surface area contributed by atoms with Crippen LogP contribution in [0.3, 0.4) is 0 Å². The fourth-order valence-electron chi connectivity index (χ4n) is 1.39. The Bertz CT molecular complexity index is 591. The quantitative estimate of drug-likeness (QED) is 0.621.